The van der Waals surface area contributed by atoms with Gasteiger partial charge in [0.25, 0.3) is 11.8 Å². The average Bonchev–Trinajstić information content (AvgIpc) is 3.21. The SMILES string of the molecule is COc1ccc(OC2O[C@H](C)[C@H](N3C(=O)c4ccccc4C3=O)[C@H](OC(=O)c3ccccc3)[C@H]2N=[N+]=[N-])cc1. The number of amides is 2. The molecule has 1 unspecified atom stereocenters. The van der Waals surface area contributed by atoms with E-state index in [4.69, 9.17) is 18.9 Å². The van der Waals surface area contributed by atoms with Gasteiger partial charge >= 0.3 is 5.97 Å². The van der Waals surface area contributed by atoms with Gasteiger partial charge in [-0.25, -0.2) is 4.79 Å². The van der Waals surface area contributed by atoms with Gasteiger partial charge in [-0.1, -0.05) is 35.4 Å². The molecule has 11 nitrogen and oxygen atoms in total. The molecule has 1 fully saturated rings. The van der Waals surface area contributed by atoms with Crippen LogP contribution in [0.15, 0.2) is 84.0 Å². The molecule has 0 saturated carbocycles. The minimum atomic E-state index is -1.29. The summed E-state index contributed by atoms with van der Waals surface area (Å²) in [4.78, 5) is 44.0. The van der Waals surface area contributed by atoms with Gasteiger partial charge in [0.15, 0.2) is 0 Å². The lowest BCUT2D eigenvalue weighted by atomic mass is 9.93. The van der Waals surface area contributed by atoms with Gasteiger partial charge in [0.1, 0.15) is 29.7 Å². The maximum Gasteiger partial charge on any atom is 0.338 e. The van der Waals surface area contributed by atoms with Crippen molar-refractivity contribution >= 4 is 17.8 Å². The van der Waals surface area contributed by atoms with Gasteiger partial charge in [0, 0.05) is 4.91 Å². The van der Waals surface area contributed by atoms with Crippen molar-refractivity contribution in [3.8, 4) is 11.5 Å². The van der Waals surface area contributed by atoms with Crippen molar-refractivity contribution in [3.05, 3.63) is 106 Å². The van der Waals surface area contributed by atoms with Crippen molar-refractivity contribution in [2.45, 2.75) is 37.5 Å². The van der Waals surface area contributed by atoms with Crippen LogP contribution in [0.2, 0.25) is 0 Å². The lowest BCUT2D eigenvalue weighted by Crippen LogP contribution is -2.65. The third kappa shape index (κ3) is 4.88. The maximum absolute atomic E-state index is 13.4. The topological polar surface area (TPSA) is 140 Å². The molecule has 5 atom stereocenters. The maximum atomic E-state index is 13.4. The molecule has 5 rings (SSSR count). The second kappa shape index (κ2) is 10.9. The zero-order valence-electron chi connectivity index (χ0n) is 21.0. The number of fused-ring (bicyclic) bond motifs is 1. The molecular formula is C28H24N4O7. The van der Waals surface area contributed by atoms with Gasteiger partial charge in [-0.3, -0.25) is 14.5 Å². The number of nitrogens with zero attached hydrogens (tertiary/aromatic N) is 4. The first kappa shape index (κ1) is 25.8. The molecule has 0 spiro atoms. The Labute approximate surface area is 223 Å². The molecule has 0 aromatic heterocycles. The summed E-state index contributed by atoms with van der Waals surface area (Å²) in [5, 5.41) is 3.86. The molecule has 11 heteroatoms. The van der Waals surface area contributed by atoms with Crippen LogP contribution in [0.25, 0.3) is 10.4 Å². The van der Waals surface area contributed by atoms with Gasteiger partial charge in [-0.2, -0.15) is 0 Å². The fourth-order valence-corrected chi connectivity index (χ4v) is 4.80. The van der Waals surface area contributed by atoms with Crippen molar-refractivity contribution in [3.63, 3.8) is 0 Å². The molecule has 2 aliphatic heterocycles. The summed E-state index contributed by atoms with van der Waals surface area (Å²) in [5.74, 6) is -0.875. The second-order valence-electron chi connectivity index (χ2n) is 8.95. The van der Waals surface area contributed by atoms with E-state index < -0.39 is 48.4 Å². The summed E-state index contributed by atoms with van der Waals surface area (Å²) >= 11 is 0. The van der Waals surface area contributed by atoms with E-state index in [0.29, 0.717) is 11.5 Å². The molecule has 0 aliphatic carbocycles. The van der Waals surface area contributed by atoms with Gasteiger partial charge in [0.05, 0.1) is 29.9 Å². The van der Waals surface area contributed by atoms with Gasteiger partial charge in [-0.05, 0) is 61.0 Å². The molecule has 3 aromatic rings. The van der Waals surface area contributed by atoms with Crippen LogP contribution in [0.5, 0.6) is 11.5 Å². The van der Waals surface area contributed by atoms with E-state index in [1.54, 1.807) is 85.8 Å². The van der Waals surface area contributed by atoms with E-state index in [1.165, 1.54) is 7.11 Å². The summed E-state index contributed by atoms with van der Waals surface area (Å²) < 4.78 is 23.2. The summed E-state index contributed by atoms with van der Waals surface area (Å²) in [7, 11) is 1.53. The van der Waals surface area contributed by atoms with E-state index in [-0.39, 0.29) is 16.7 Å². The number of azide groups is 1. The van der Waals surface area contributed by atoms with Gasteiger partial charge in [-0.15, -0.1) is 0 Å². The normalized spacial score (nSPS) is 23.9. The summed E-state index contributed by atoms with van der Waals surface area (Å²) in [6, 6.07) is 18.9. The van der Waals surface area contributed by atoms with E-state index >= 15 is 0 Å². The van der Waals surface area contributed by atoms with Crippen molar-refractivity contribution in [2.75, 3.05) is 7.11 Å². The molecule has 0 N–H and O–H groups in total. The smallest absolute Gasteiger partial charge is 0.338 e. The van der Waals surface area contributed by atoms with Crippen LogP contribution in [0, 0.1) is 0 Å². The number of benzene rings is 3. The number of hydrogen-bond donors (Lipinski definition) is 0. The largest absolute Gasteiger partial charge is 0.497 e. The first-order valence-corrected chi connectivity index (χ1v) is 12.2. The Bertz CT molecular complexity index is 1400. The number of esters is 1. The highest BCUT2D eigenvalue weighted by Gasteiger charge is 2.54. The van der Waals surface area contributed by atoms with Crippen LogP contribution in [-0.2, 0) is 9.47 Å². The Morgan fingerprint density at radius 1 is 0.923 bits per heavy atom. The molecule has 1 saturated heterocycles. The Morgan fingerprint density at radius 2 is 1.51 bits per heavy atom. The molecule has 0 radical (unpaired) electrons. The highest BCUT2D eigenvalue weighted by atomic mass is 16.7. The fourth-order valence-electron chi connectivity index (χ4n) is 4.80. The van der Waals surface area contributed by atoms with E-state index in [9.17, 15) is 19.9 Å². The summed E-state index contributed by atoms with van der Waals surface area (Å²) in [5.41, 5.74) is 10.1. The first-order chi connectivity index (χ1) is 18.9. The van der Waals surface area contributed by atoms with Crippen molar-refractivity contribution in [2.24, 2.45) is 5.11 Å². The average molecular weight is 529 g/mol. The summed E-state index contributed by atoms with van der Waals surface area (Å²) in [6.45, 7) is 1.63. The van der Waals surface area contributed by atoms with Crippen molar-refractivity contribution in [1.82, 2.24) is 4.90 Å². The Kier molecular flexibility index (Phi) is 7.18. The molecule has 2 aliphatic rings. The molecule has 39 heavy (non-hydrogen) atoms. The Morgan fingerprint density at radius 3 is 2.10 bits per heavy atom. The van der Waals surface area contributed by atoms with Crippen molar-refractivity contribution in [1.29, 1.82) is 0 Å². The van der Waals surface area contributed by atoms with Gasteiger partial charge < -0.3 is 18.9 Å². The van der Waals surface area contributed by atoms with E-state index in [1.807, 2.05) is 0 Å². The van der Waals surface area contributed by atoms with Crippen LogP contribution in [0.4, 0.5) is 0 Å². The Hall–Kier alpha value is -4.86. The monoisotopic (exact) mass is 528 g/mol. The lowest BCUT2D eigenvalue weighted by Gasteiger charge is -2.45. The van der Waals surface area contributed by atoms with Crippen LogP contribution in [0.1, 0.15) is 38.0 Å². The van der Waals surface area contributed by atoms with E-state index in [0.717, 1.165) is 4.90 Å². The zero-order valence-corrected chi connectivity index (χ0v) is 21.0. The molecular weight excluding hydrogens is 504 g/mol. The van der Waals surface area contributed by atoms with Crippen molar-refractivity contribution < 1.29 is 33.3 Å². The molecule has 2 amide bonds. The molecule has 3 aromatic carbocycles. The van der Waals surface area contributed by atoms with Crippen LogP contribution >= 0.6 is 0 Å². The number of methoxy groups -OCH3 is 1. The lowest BCUT2D eigenvalue weighted by molar-refractivity contribution is -0.204. The number of imide groups is 1. The first-order valence-electron chi connectivity index (χ1n) is 12.2. The second-order valence-corrected chi connectivity index (χ2v) is 8.95. The highest BCUT2D eigenvalue weighted by Crippen LogP contribution is 2.36. The minimum Gasteiger partial charge on any atom is -0.497 e. The quantitative estimate of drug-likeness (QED) is 0.146. The summed E-state index contributed by atoms with van der Waals surface area (Å²) in [6.07, 6.45) is -3.36. The number of ether oxygens (including phenoxy) is 4. The highest BCUT2D eigenvalue weighted by molar-refractivity contribution is 6.21. The third-order valence-electron chi connectivity index (χ3n) is 6.65. The standard InChI is InChI=1S/C28H24N4O7/c1-16-23(32-25(33)20-10-6-7-11-21(20)26(32)34)24(39-27(35)17-8-4-3-5-9-17)22(30-31-29)28(37-16)38-19-14-12-18(36-2)13-15-19/h3-16,22-24,28H,1-2H3/t16-,22-,23+,24-,28?/m1/s1. The van der Waals surface area contributed by atoms with Gasteiger partial charge in [0.2, 0.25) is 6.29 Å². The minimum absolute atomic E-state index is 0.222. The number of carbonyl (C=O) groups is 3. The number of hydrogen-bond acceptors (Lipinski definition) is 8. The third-order valence-corrected chi connectivity index (χ3v) is 6.65. The Balaban J connectivity index is 1.53. The predicted molar refractivity (Wildman–Crippen MR) is 137 cm³/mol. The number of rotatable bonds is 7. The van der Waals surface area contributed by atoms with Crippen LogP contribution in [0.3, 0.4) is 0 Å². The predicted octanol–water partition coefficient (Wildman–Crippen LogP) is 4.39. The zero-order chi connectivity index (χ0) is 27.5. The van der Waals surface area contributed by atoms with E-state index in [2.05, 4.69) is 10.0 Å². The molecule has 0 bridgehead atoms. The number of carbonyl (C=O) groups excluding carboxylic acids is 3. The fraction of sp³-hybridized carbons (Fsp3) is 0.250. The molecule has 198 valence electrons. The molecule has 2 heterocycles. The van der Waals surface area contributed by atoms with Crippen LogP contribution in [-0.4, -0.2) is 60.4 Å². The van der Waals surface area contributed by atoms with Crippen LogP contribution < -0.4 is 9.47 Å².